The van der Waals surface area contributed by atoms with Crippen LogP contribution in [-0.2, 0) is 6.54 Å². The summed E-state index contributed by atoms with van der Waals surface area (Å²) in [4.78, 5) is 2.34. The van der Waals surface area contributed by atoms with Gasteiger partial charge in [-0.2, -0.15) is 0 Å². The molecule has 0 fully saturated rings. The number of hydrogen-bond donors (Lipinski definition) is 1. The number of anilines is 2. The van der Waals surface area contributed by atoms with Crippen molar-refractivity contribution in [2.24, 2.45) is 0 Å². The molecule has 0 atom stereocenters. The maximum Gasteiger partial charge on any atom is 0.124 e. The molecule has 0 unspecified atom stereocenters. The van der Waals surface area contributed by atoms with Crippen LogP contribution in [0.4, 0.5) is 11.4 Å². The van der Waals surface area contributed by atoms with Crippen LogP contribution in [0.2, 0.25) is 0 Å². The Labute approximate surface area is 140 Å². The van der Waals surface area contributed by atoms with Crippen LogP contribution in [0.3, 0.4) is 0 Å². The Balaban J connectivity index is 1.98. The highest BCUT2D eigenvalue weighted by Gasteiger charge is 2.04. The number of benzene rings is 2. The molecule has 0 bridgehead atoms. The number of rotatable bonds is 9. The Kier molecular flexibility index (Phi) is 6.79. The molecule has 1 N–H and O–H groups in total. The molecule has 23 heavy (non-hydrogen) atoms. The minimum Gasteiger partial charge on any atom is -0.493 e. The van der Waals surface area contributed by atoms with Gasteiger partial charge in [0.15, 0.2) is 0 Å². The minimum atomic E-state index is 0.760. The zero-order chi connectivity index (χ0) is 16.5. The Morgan fingerprint density at radius 3 is 2.26 bits per heavy atom. The first-order valence-corrected chi connectivity index (χ1v) is 8.58. The lowest BCUT2D eigenvalue weighted by Gasteiger charge is -2.21. The van der Waals surface area contributed by atoms with Gasteiger partial charge in [-0.15, -0.1) is 0 Å². The molecule has 0 amide bonds. The average Bonchev–Trinajstić information content (AvgIpc) is 2.61. The van der Waals surface area contributed by atoms with E-state index < -0.39 is 0 Å². The van der Waals surface area contributed by atoms with Gasteiger partial charge in [-0.1, -0.05) is 25.1 Å². The van der Waals surface area contributed by atoms with E-state index in [9.17, 15) is 0 Å². The predicted octanol–water partition coefficient (Wildman–Crippen LogP) is 4.93. The van der Waals surface area contributed by atoms with Crippen LogP contribution in [-0.4, -0.2) is 19.7 Å². The van der Waals surface area contributed by atoms with Gasteiger partial charge in [-0.3, -0.25) is 0 Å². The largest absolute Gasteiger partial charge is 0.493 e. The summed E-state index contributed by atoms with van der Waals surface area (Å²) in [7, 11) is 0. The molecule has 0 aliphatic carbocycles. The van der Waals surface area contributed by atoms with E-state index in [1.165, 1.54) is 11.3 Å². The highest BCUT2D eigenvalue weighted by atomic mass is 16.5. The van der Waals surface area contributed by atoms with Gasteiger partial charge in [0.25, 0.3) is 0 Å². The summed E-state index contributed by atoms with van der Waals surface area (Å²) in [5.41, 5.74) is 3.59. The quantitative estimate of drug-likeness (QED) is 0.710. The number of nitrogens with zero attached hydrogens (tertiary/aromatic N) is 1. The second-order valence-corrected chi connectivity index (χ2v) is 5.53. The lowest BCUT2D eigenvalue weighted by molar-refractivity contribution is 0.314. The molecule has 0 aromatic heterocycles. The van der Waals surface area contributed by atoms with Crippen LogP contribution >= 0.6 is 0 Å². The van der Waals surface area contributed by atoms with Gasteiger partial charge < -0.3 is 15.0 Å². The fourth-order valence-corrected chi connectivity index (χ4v) is 2.58. The molecule has 2 aromatic carbocycles. The number of hydrogen-bond acceptors (Lipinski definition) is 3. The summed E-state index contributed by atoms with van der Waals surface area (Å²) in [5, 5.41) is 3.48. The van der Waals surface area contributed by atoms with Crippen molar-refractivity contribution in [3.63, 3.8) is 0 Å². The third-order valence-corrected chi connectivity index (χ3v) is 3.91. The molecule has 3 nitrogen and oxygen atoms in total. The first kappa shape index (κ1) is 17.2. The summed E-state index contributed by atoms with van der Waals surface area (Å²) >= 11 is 0. The molecule has 0 heterocycles. The highest BCUT2D eigenvalue weighted by molar-refractivity contribution is 5.55. The monoisotopic (exact) mass is 312 g/mol. The highest BCUT2D eigenvalue weighted by Crippen LogP contribution is 2.21. The van der Waals surface area contributed by atoms with E-state index in [4.69, 9.17) is 4.74 Å². The summed E-state index contributed by atoms with van der Waals surface area (Å²) in [5.74, 6) is 0.974. The first-order valence-electron chi connectivity index (χ1n) is 8.58. The van der Waals surface area contributed by atoms with Crippen molar-refractivity contribution in [1.29, 1.82) is 0 Å². The molecule has 2 aromatic rings. The first-order chi connectivity index (χ1) is 11.3. The minimum absolute atomic E-state index is 0.760. The Morgan fingerprint density at radius 1 is 0.913 bits per heavy atom. The van der Waals surface area contributed by atoms with E-state index in [0.29, 0.717) is 0 Å². The third-order valence-electron chi connectivity index (χ3n) is 3.91. The van der Waals surface area contributed by atoms with Gasteiger partial charge in [0.2, 0.25) is 0 Å². The topological polar surface area (TPSA) is 24.5 Å². The van der Waals surface area contributed by atoms with Gasteiger partial charge in [0.05, 0.1) is 6.61 Å². The van der Waals surface area contributed by atoms with Crippen molar-refractivity contribution in [2.75, 3.05) is 29.9 Å². The van der Waals surface area contributed by atoms with E-state index >= 15 is 0 Å². The Morgan fingerprint density at radius 2 is 1.61 bits per heavy atom. The zero-order valence-corrected chi connectivity index (χ0v) is 14.5. The summed E-state index contributed by atoms with van der Waals surface area (Å²) in [6.07, 6.45) is 1.02. The van der Waals surface area contributed by atoms with E-state index in [1.807, 2.05) is 12.1 Å². The fraction of sp³-hybridized carbons (Fsp3) is 0.400. The van der Waals surface area contributed by atoms with Crippen molar-refractivity contribution in [3.8, 4) is 5.75 Å². The number of ether oxygens (including phenoxy) is 1. The summed E-state index contributed by atoms with van der Waals surface area (Å²) in [6, 6.07) is 16.9. The van der Waals surface area contributed by atoms with Gasteiger partial charge in [0.1, 0.15) is 5.75 Å². The number of nitrogens with one attached hydrogen (secondary N) is 1. The molecule has 2 rings (SSSR count). The van der Waals surface area contributed by atoms with E-state index in [2.05, 4.69) is 67.4 Å². The molecule has 124 valence electrons. The second-order valence-electron chi connectivity index (χ2n) is 5.53. The van der Waals surface area contributed by atoms with E-state index in [-0.39, 0.29) is 0 Å². The van der Waals surface area contributed by atoms with E-state index in [0.717, 1.165) is 44.1 Å². The molecule has 0 radical (unpaired) electrons. The van der Waals surface area contributed by atoms with Crippen LogP contribution < -0.4 is 15.0 Å². The smallest absolute Gasteiger partial charge is 0.124 e. The van der Waals surface area contributed by atoms with Crippen LogP contribution in [0.15, 0.2) is 48.5 Å². The van der Waals surface area contributed by atoms with Crippen molar-refractivity contribution >= 4 is 11.4 Å². The van der Waals surface area contributed by atoms with Crippen LogP contribution in [0.5, 0.6) is 5.75 Å². The molecule has 0 saturated heterocycles. The summed E-state index contributed by atoms with van der Waals surface area (Å²) < 4.78 is 5.81. The average molecular weight is 312 g/mol. The molecular weight excluding hydrogens is 284 g/mol. The fourth-order valence-electron chi connectivity index (χ4n) is 2.58. The second kappa shape index (κ2) is 9.09. The molecule has 3 heteroatoms. The van der Waals surface area contributed by atoms with Crippen molar-refractivity contribution in [3.05, 3.63) is 54.1 Å². The van der Waals surface area contributed by atoms with Crippen LogP contribution in [0.1, 0.15) is 32.8 Å². The lowest BCUT2D eigenvalue weighted by atomic mass is 10.2. The normalized spacial score (nSPS) is 10.4. The van der Waals surface area contributed by atoms with Gasteiger partial charge in [-0.05, 0) is 50.6 Å². The maximum absolute atomic E-state index is 5.81. The van der Waals surface area contributed by atoms with Gasteiger partial charge >= 0.3 is 0 Å². The molecule has 0 aliphatic rings. The van der Waals surface area contributed by atoms with E-state index in [1.54, 1.807) is 0 Å². The van der Waals surface area contributed by atoms with Gasteiger partial charge in [-0.25, -0.2) is 0 Å². The number of para-hydroxylation sites is 1. The Bertz CT molecular complexity index is 576. The molecule has 0 saturated carbocycles. The molecule has 0 spiro atoms. The van der Waals surface area contributed by atoms with Crippen molar-refractivity contribution in [1.82, 2.24) is 0 Å². The summed E-state index contributed by atoms with van der Waals surface area (Å²) in [6.45, 7) is 10.1. The standard InChI is InChI=1S/C20H28N2O/c1-4-15-23-20-10-8-7-9-17(20)16-21-18-11-13-19(14-12-18)22(5-2)6-3/h7-14,21H,4-6,15-16H2,1-3H3. The third kappa shape index (κ3) is 4.92. The van der Waals surface area contributed by atoms with Crippen molar-refractivity contribution in [2.45, 2.75) is 33.7 Å². The maximum atomic E-state index is 5.81. The zero-order valence-electron chi connectivity index (χ0n) is 14.5. The predicted molar refractivity (Wildman–Crippen MR) is 99.6 cm³/mol. The molecule has 0 aliphatic heterocycles. The lowest BCUT2D eigenvalue weighted by Crippen LogP contribution is -2.21. The Hall–Kier alpha value is -2.16. The van der Waals surface area contributed by atoms with Crippen LogP contribution in [0, 0.1) is 0 Å². The molecular formula is C20H28N2O. The van der Waals surface area contributed by atoms with Crippen LogP contribution in [0.25, 0.3) is 0 Å². The van der Waals surface area contributed by atoms with Crippen molar-refractivity contribution < 1.29 is 4.74 Å². The SMILES string of the molecule is CCCOc1ccccc1CNc1ccc(N(CC)CC)cc1. The van der Waals surface area contributed by atoms with Gasteiger partial charge in [0, 0.05) is 36.6 Å².